The van der Waals surface area contributed by atoms with Gasteiger partial charge in [-0.05, 0) is 0 Å². The summed E-state index contributed by atoms with van der Waals surface area (Å²) in [7, 11) is 5.88. The molecule has 0 atom stereocenters. The van der Waals surface area contributed by atoms with Gasteiger partial charge in [-0.3, -0.25) is 0 Å². The fraction of sp³-hybridized carbons (Fsp3) is 0.750. The Balaban J connectivity index is 3.79. The van der Waals surface area contributed by atoms with Gasteiger partial charge in [0.2, 0.25) is 0 Å². The summed E-state index contributed by atoms with van der Waals surface area (Å²) in [6.45, 7) is 4.93. The van der Waals surface area contributed by atoms with E-state index in [1.807, 2.05) is 0 Å². The van der Waals surface area contributed by atoms with Gasteiger partial charge in [0.15, 0.2) is 0 Å². The number of halogens is 2. The Bertz CT molecular complexity index is 142. The summed E-state index contributed by atoms with van der Waals surface area (Å²) in [5, 5.41) is 0.586. The summed E-state index contributed by atoms with van der Waals surface area (Å²) in [5.41, 5.74) is 0. The van der Waals surface area contributed by atoms with Crippen molar-refractivity contribution in [2.45, 2.75) is 33.1 Å². The van der Waals surface area contributed by atoms with E-state index in [2.05, 4.69) is 13.8 Å². The molecule has 68 valence electrons. The summed E-state index contributed by atoms with van der Waals surface area (Å²) in [5.74, 6) is 0. The molecular weight excluding hydrogens is 384 g/mol. The van der Waals surface area contributed by atoms with Gasteiger partial charge in [0, 0.05) is 0 Å². The summed E-state index contributed by atoms with van der Waals surface area (Å²) < 4.78 is 6.55. The van der Waals surface area contributed by atoms with Crippen LogP contribution in [0.1, 0.15) is 33.1 Å². The average Bonchev–Trinajstić information content (AvgIpc) is 2.07. The van der Waals surface area contributed by atoms with E-state index >= 15 is 0 Å². The van der Waals surface area contributed by atoms with Crippen LogP contribution in [0.4, 0.5) is 0 Å². The molecule has 0 aliphatic carbocycles. The molecule has 4 heteroatoms. The Labute approximate surface area is 95.3 Å². The predicted octanol–water partition coefficient (Wildman–Crippen LogP) is 3.86. The fourth-order valence-corrected chi connectivity index (χ4v) is 6.35. The number of hydrogen-bond donors (Lipinski definition) is 0. The standard InChI is InChI=1S/C8H14ClO.ClH.Hg/c1-3-5-7-10-8(9)6-4-2;;/h3-5,7H2,1-2H3;1H;/q;;+1/p-1. The van der Waals surface area contributed by atoms with Crippen molar-refractivity contribution in [2.24, 2.45) is 0 Å². The van der Waals surface area contributed by atoms with Crippen molar-refractivity contribution in [3.05, 3.63) is 8.30 Å². The van der Waals surface area contributed by atoms with Gasteiger partial charge in [-0.1, -0.05) is 0 Å². The molecule has 0 radical (unpaired) electrons. The van der Waals surface area contributed by atoms with Crippen molar-refractivity contribution in [1.82, 2.24) is 0 Å². The summed E-state index contributed by atoms with van der Waals surface area (Å²) in [4.78, 5) is 0. The van der Waals surface area contributed by atoms with E-state index in [0.29, 0.717) is 5.22 Å². The molecule has 0 aromatic rings. The van der Waals surface area contributed by atoms with Crippen molar-refractivity contribution < 1.29 is 28.1 Å². The Morgan fingerprint density at radius 2 is 2.08 bits per heavy atom. The van der Waals surface area contributed by atoms with Gasteiger partial charge in [0.25, 0.3) is 0 Å². The molecular formula is C8H14Cl2HgO. The molecule has 0 bridgehead atoms. The minimum atomic E-state index is -1.33. The molecule has 0 fully saturated rings. The Hall–Kier alpha value is 1.06. The number of unbranched alkanes of at least 4 members (excludes halogenated alkanes) is 1. The minimum absolute atomic E-state index is 0.586. The molecule has 0 unspecified atom stereocenters. The van der Waals surface area contributed by atoms with Crippen LogP contribution in [0.25, 0.3) is 0 Å². The van der Waals surface area contributed by atoms with E-state index < -0.39 is 23.3 Å². The first kappa shape index (κ1) is 13.1. The Morgan fingerprint density at radius 1 is 1.42 bits per heavy atom. The molecule has 0 saturated carbocycles. The quantitative estimate of drug-likeness (QED) is 0.376. The van der Waals surface area contributed by atoms with Crippen LogP contribution >= 0.6 is 19.9 Å². The third-order valence-corrected chi connectivity index (χ3v) is 10.1. The van der Waals surface area contributed by atoms with E-state index in [0.717, 1.165) is 25.9 Å². The first-order valence-electron chi connectivity index (χ1n) is 4.32. The molecule has 0 aliphatic rings. The number of allylic oxidation sites excluding steroid dienone is 1. The molecule has 0 spiro atoms. The van der Waals surface area contributed by atoms with Crippen LogP contribution in [-0.4, -0.2) is 6.61 Å². The maximum atomic E-state index is 5.91. The van der Waals surface area contributed by atoms with E-state index in [9.17, 15) is 0 Å². The van der Waals surface area contributed by atoms with Gasteiger partial charge in [-0.15, -0.1) is 0 Å². The molecule has 0 aliphatic heterocycles. The van der Waals surface area contributed by atoms with Crippen LogP contribution in [-0.2, 0) is 28.1 Å². The van der Waals surface area contributed by atoms with Crippen molar-refractivity contribution >= 4 is 19.9 Å². The van der Waals surface area contributed by atoms with Gasteiger partial charge in [0.1, 0.15) is 0 Å². The fourth-order valence-electron chi connectivity index (χ4n) is 0.694. The normalized spacial score (nSPS) is 12.0. The second-order valence-corrected chi connectivity index (χ2v) is 9.61. The van der Waals surface area contributed by atoms with Gasteiger partial charge in [-0.2, -0.15) is 0 Å². The average molecular weight is 398 g/mol. The summed E-state index contributed by atoms with van der Waals surface area (Å²) in [6, 6.07) is 0. The van der Waals surface area contributed by atoms with Crippen molar-refractivity contribution in [2.75, 3.05) is 6.61 Å². The van der Waals surface area contributed by atoms with Crippen LogP contribution in [0.5, 0.6) is 0 Å². The molecule has 0 aromatic heterocycles. The van der Waals surface area contributed by atoms with Crippen LogP contribution in [0, 0.1) is 0 Å². The van der Waals surface area contributed by atoms with Gasteiger partial charge < -0.3 is 0 Å². The number of ether oxygens (including phenoxy) is 1. The molecule has 0 rings (SSSR count). The first-order valence-corrected chi connectivity index (χ1v) is 14.2. The van der Waals surface area contributed by atoms with E-state index in [1.54, 1.807) is 0 Å². The SMILES string of the molecule is CCCCO/C(Cl)=[C](/CC)[Hg][Cl]. The molecule has 0 N–H and O–H groups in total. The topological polar surface area (TPSA) is 9.23 Å². The van der Waals surface area contributed by atoms with Crippen molar-refractivity contribution in [3.63, 3.8) is 0 Å². The number of hydrogen-bond acceptors (Lipinski definition) is 1. The van der Waals surface area contributed by atoms with Crippen LogP contribution < -0.4 is 0 Å². The van der Waals surface area contributed by atoms with Crippen LogP contribution in [0.3, 0.4) is 0 Å². The van der Waals surface area contributed by atoms with Gasteiger partial charge >= 0.3 is 95.9 Å². The Morgan fingerprint density at radius 3 is 2.50 bits per heavy atom. The van der Waals surface area contributed by atoms with E-state index in [-0.39, 0.29) is 0 Å². The molecule has 0 saturated heterocycles. The molecule has 1 nitrogen and oxygen atoms in total. The van der Waals surface area contributed by atoms with Crippen molar-refractivity contribution in [1.29, 1.82) is 0 Å². The summed E-state index contributed by atoms with van der Waals surface area (Å²) in [6.07, 6.45) is 3.15. The zero-order chi connectivity index (χ0) is 9.40. The molecule has 12 heavy (non-hydrogen) atoms. The second kappa shape index (κ2) is 8.64. The molecule has 0 amide bonds. The summed E-state index contributed by atoms with van der Waals surface area (Å²) >= 11 is 4.58. The molecule has 0 heterocycles. The predicted molar refractivity (Wildman–Crippen MR) is 49.9 cm³/mol. The van der Waals surface area contributed by atoms with Crippen molar-refractivity contribution in [3.8, 4) is 0 Å². The van der Waals surface area contributed by atoms with E-state index in [4.69, 9.17) is 24.6 Å². The first-order chi connectivity index (χ1) is 5.76. The van der Waals surface area contributed by atoms with Gasteiger partial charge in [-0.25, -0.2) is 0 Å². The van der Waals surface area contributed by atoms with Gasteiger partial charge in [0.05, 0.1) is 0 Å². The third kappa shape index (κ3) is 5.66. The zero-order valence-electron chi connectivity index (χ0n) is 7.70. The Kier molecular flexibility index (Phi) is 9.40. The molecule has 0 aromatic carbocycles. The third-order valence-electron chi connectivity index (χ3n) is 1.59. The second-order valence-electron chi connectivity index (χ2n) is 2.57. The van der Waals surface area contributed by atoms with Crippen LogP contribution in [0.15, 0.2) is 8.30 Å². The van der Waals surface area contributed by atoms with E-state index in [1.165, 1.54) is 3.08 Å². The zero-order valence-corrected chi connectivity index (χ0v) is 14.7. The monoisotopic (exact) mass is 398 g/mol. The maximum absolute atomic E-state index is 5.91. The van der Waals surface area contributed by atoms with Crippen LogP contribution in [0.2, 0.25) is 0 Å². The number of rotatable bonds is 6.